The molecule has 2 aromatic rings. The van der Waals surface area contributed by atoms with Crippen molar-refractivity contribution >= 4 is 23.2 Å². The smallest absolute Gasteiger partial charge is 0.258 e. The Bertz CT molecular complexity index is 905. The van der Waals surface area contributed by atoms with E-state index < -0.39 is 0 Å². The maximum atomic E-state index is 12.9. The minimum atomic E-state index is -0.232. The van der Waals surface area contributed by atoms with Crippen LogP contribution >= 0.6 is 0 Å². The first-order chi connectivity index (χ1) is 14.5. The highest BCUT2D eigenvalue weighted by molar-refractivity contribution is 6.10. The normalized spacial score (nSPS) is 16.3. The van der Waals surface area contributed by atoms with E-state index in [2.05, 4.69) is 15.6 Å². The summed E-state index contributed by atoms with van der Waals surface area (Å²) in [6.07, 6.45) is 2.09. The third-order valence-electron chi connectivity index (χ3n) is 4.94. The molecule has 1 amide bonds. The number of aliphatic imine (C=N–C) groups is 1. The first-order valence-corrected chi connectivity index (χ1v) is 10.1. The van der Waals surface area contributed by atoms with Crippen molar-refractivity contribution in [3.63, 3.8) is 0 Å². The van der Waals surface area contributed by atoms with Crippen molar-refractivity contribution in [1.29, 1.82) is 0 Å². The van der Waals surface area contributed by atoms with Gasteiger partial charge in [-0.05, 0) is 55.7 Å². The standard InChI is InChI=1S/C23H30N4O3/c1-16-10-11-21(29-4)20(13-16)25-23(24-15-19-9-6-12-30-19)26-22(28)17-7-5-8-18(14-17)27(2)3/h5,7-8,10-11,13-14,19H,6,9,12,15H2,1-4H3,(H2,24,25,26,28)/t19-/m1/s1. The van der Waals surface area contributed by atoms with Crippen LogP contribution in [0.5, 0.6) is 5.75 Å². The molecule has 30 heavy (non-hydrogen) atoms. The fourth-order valence-corrected chi connectivity index (χ4v) is 3.24. The molecular formula is C23H30N4O3. The van der Waals surface area contributed by atoms with Gasteiger partial charge in [-0.1, -0.05) is 12.1 Å². The van der Waals surface area contributed by atoms with Crippen LogP contribution in [0.2, 0.25) is 0 Å². The first kappa shape index (κ1) is 21.6. The number of aryl methyl sites for hydroxylation is 1. The van der Waals surface area contributed by atoms with E-state index >= 15 is 0 Å². The molecule has 3 rings (SSSR count). The van der Waals surface area contributed by atoms with Crippen LogP contribution in [0.15, 0.2) is 47.5 Å². The Kier molecular flexibility index (Phi) is 7.30. The molecule has 1 heterocycles. The fourth-order valence-electron chi connectivity index (χ4n) is 3.24. The molecule has 7 heteroatoms. The van der Waals surface area contributed by atoms with Gasteiger partial charge in [0, 0.05) is 32.0 Å². The van der Waals surface area contributed by atoms with Crippen molar-refractivity contribution in [2.75, 3.05) is 44.6 Å². The second-order valence-electron chi connectivity index (χ2n) is 7.55. The third-order valence-corrected chi connectivity index (χ3v) is 4.94. The largest absolute Gasteiger partial charge is 0.495 e. The molecule has 1 aliphatic heterocycles. The number of ether oxygens (including phenoxy) is 2. The molecule has 0 aliphatic carbocycles. The average Bonchev–Trinajstić information content (AvgIpc) is 3.26. The Balaban J connectivity index is 1.82. The Hall–Kier alpha value is -3.06. The number of carbonyl (C=O) groups excluding carboxylic acids is 1. The number of hydrogen-bond acceptors (Lipinski definition) is 5. The number of nitrogens with zero attached hydrogens (tertiary/aromatic N) is 2. The Morgan fingerprint density at radius 3 is 2.80 bits per heavy atom. The fraction of sp³-hybridized carbons (Fsp3) is 0.391. The summed E-state index contributed by atoms with van der Waals surface area (Å²) in [5, 5.41) is 6.14. The van der Waals surface area contributed by atoms with Crippen LogP contribution < -0.4 is 20.3 Å². The number of hydrogen-bond donors (Lipinski definition) is 2. The number of benzene rings is 2. The zero-order chi connectivity index (χ0) is 21.5. The van der Waals surface area contributed by atoms with Crippen LogP contribution in [-0.2, 0) is 4.74 Å². The van der Waals surface area contributed by atoms with Gasteiger partial charge in [0.25, 0.3) is 5.91 Å². The molecule has 2 aromatic carbocycles. The molecule has 0 spiro atoms. The number of methoxy groups -OCH3 is 1. The zero-order valence-corrected chi connectivity index (χ0v) is 18.1. The van der Waals surface area contributed by atoms with Crippen LogP contribution in [-0.4, -0.2) is 52.3 Å². The van der Waals surface area contributed by atoms with Crippen molar-refractivity contribution in [3.05, 3.63) is 53.6 Å². The van der Waals surface area contributed by atoms with Crippen molar-refractivity contribution in [1.82, 2.24) is 5.32 Å². The number of guanidine groups is 1. The summed E-state index contributed by atoms with van der Waals surface area (Å²) in [5.41, 5.74) is 3.32. The van der Waals surface area contributed by atoms with E-state index in [4.69, 9.17) is 9.47 Å². The minimum absolute atomic E-state index is 0.0789. The van der Waals surface area contributed by atoms with E-state index in [1.807, 2.05) is 62.3 Å². The summed E-state index contributed by atoms with van der Waals surface area (Å²) >= 11 is 0. The number of rotatable bonds is 6. The maximum absolute atomic E-state index is 12.9. The highest BCUT2D eigenvalue weighted by atomic mass is 16.5. The quantitative estimate of drug-likeness (QED) is 0.564. The SMILES string of the molecule is COc1ccc(C)cc1NC(=NC[C@H]1CCCO1)NC(=O)c1cccc(N(C)C)c1. The highest BCUT2D eigenvalue weighted by Crippen LogP contribution is 2.25. The van der Waals surface area contributed by atoms with Gasteiger partial charge in [0.1, 0.15) is 5.75 Å². The third kappa shape index (κ3) is 5.73. The molecule has 0 bridgehead atoms. The minimum Gasteiger partial charge on any atom is -0.495 e. The van der Waals surface area contributed by atoms with E-state index in [1.54, 1.807) is 13.2 Å². The summed E-state index contributed by atoms with van der Waals surface area (Å²) < 4.78 is 11.1. The molecule has 0 aromatic heterocycles. The first-order valence-electron chi connectivity index (χ1n) is 10.1. The van der Waals surface area contributed by atoms with Crippen molar-refractivity contribution in [2.45, 2.75) is 25.9 Å². The lowest BCUT2D eigenvalue weighted by Gasteiger charge is -2.17. The summed E-state index contributed by atoms with van der Waals surface area (Å²) in [6.45, 7) is 3.24. The molecule has 0 saturated carbocycles. The Morgan fingerprint density at radius 1 is 1.27 bits per heavy atom. The molecule has 0 radical (unpaired) electrons. The van der Waals surface area contributed by atoms with Gasteiger partial charge < -0.3 is 19.7 Å². The van der Waals surface area contributed by atoms with Crippen molar-refractivity contribution in [2.24, 2.45) is 4.99 Å². The Morgan fingerprint density at radius 2 is 2.10 bits per heavy atom. The van der Waals surface area contributed by atoms with Crippen LogP contribution in [0.25, 0.3) is 0 Å². The van der Waals surface area contributed by atoms with Gasteiger partial charge in [0.05, 0.1) is 25.4 Å². The predicted molar refractivity (Wildman–Crippen MR) is 121 cm³/mol. The van der Waals surface area contributed by atoms with Crippen LogP contribution in [0.3, 0.4) is 0 Å². The average molecular weight is 411 g/mol. The molecule has 0 unspecified atom stereocenters. The molecular weight excluding hydrogens is 380 g/mol. The van der Waals surface area contributed by atoms with E-state index in [0.29, 0.717) is 23.8 Å². The van der Waals surface area contributed by atoms with Crippen molar-refractivity contribution in [3.8, 4) is 5.75 Å². The highest BCUT2D eigenvalue weighted by Gasteiger charge is 2.17. The monoisotopic (exact) mass is 410 g/mol. The van der Waals surface area contributed by atoms with Gasteiger partial charge in [0.15, 0.2) is 0 Å². The zero-order valence-electron chi connectivity index (χ0n) is 18.1. The predicted octanol–water partition coefficient (Wildman–Crippen LogP) is 3.45. The van der Waals surface area contributed by atoms with Gasteiger partial charge in [-0.2, -0.15) is 0 Å². The maximum Gasteiger partial charge on any atom is 0.258 e. The molecule has 1 saturated heterocycles. The van der Waals surface area contributed by atoms with E-state index in [1.165, 1.54) is 0 Å². The molecule has 1 aliphatic rings. The summed E-state index contributed by atoms with van der Waals surface area (Å²) in [7, 11) is 5.50. The number of nitrogens with one attached hydrogen (secondary N) is 2. The molecule has 1 fully saturated rings. The Labute approximate surface area is 178 Å². The van der Waals surface area contributed by atoms with E-state index in [9.17, 15) is 4.79 Å². The summed E-state index contributed by atoms with van der Waals surface area (Å²) in [6, 6.07) is 13.3. The van der Waals surface area contributed by atoms with Crippen LogP contribution in [0.1, 0.15) is 28.8 Å². The summed E-state index contributed by atoms with van der Waals surface area (Å²) in [5.74, 6) is 0.813. The molecule has 160 valence electrons. The van der Waals surface area contributed by atoms with Gasteiger partial charge in [-0.15, -0.1) is 0 Å². The molecule has 2 N–H and O–H groups in total. The number of carbonyl (C=O) groups is 1. The van der Waals surface area contributed by atoms with Crippen LogP contribution in [0, 0.1) is 6.92 Å². The lowest BCUT2D eigenvalue weighted by molar-refractivity contribution is 0.0975. The lowest BCUT2D eigenvalue weighted by Crippen LogP contribution is -2.37. The lowest BCUT2D eigenvalue weighted by atomic mass is 10.2. The number of anilines is 2. The second kappa shape index (κ2) is 10.1. The topological polar surface area (TPSA) is 75.2 Å². The van der Waals surface area contributed by atoms with Gasteiger partial charge in [0.2, 0.25) is 5.96 Å². The molecule has 1 atom stereocenters. The summed E-state index contributed by atoms with van der Waals surface area (Å²) in [4.78, 5) is 19.5. The molecule has 7 nitrogen and oxygen atoms in total. The van der Waals surface area contributed by atoms with Crippen LogP contribution in [0.4, 0.5) is 11.4 Å². The van der Waals surface area contributed by atoms with Gasteiger partial charge >= 0.3 is 0 Å². The van der Waals surface area contributed by atoms with E-state index in [0.717, 1.165) is 36.4 Å². The van der Waals surface area contributed by atoms with Gasteiger partial charge in [-0.25, -0.2) is 4.99 Å². The second-order valence-corrected chi connectivity index (χ2v) is 7.55. The van der Waals surface area contributed by atoms with E-state index in [-0.39, 0.29) is 12.0 Å². The van der Waals surface area contributed by atoms with Gasteiger partial charge in [-0.3, -0.25) is 10.1 Å². The van der Waals surface area contributed by atoms with Crippen molar-refractivity contribution < 1.29 is 14.3 Å². The number of amides is 1.